The Bertz CT molecular complexity index is 2010. The number of benzene rings is 1. The summed E-state index contributed by atoms with van der Waals surface area (Å²) in [6, 6.07) is 5.41. The third kappa shape index (κ3) is 8.69. The number of azide groups is 1. The number of aryl methyl sites for hydroxylation is 1. The van der Waals surface area contributed by atoms with E-state index >= 15 is 0 Å². The summed E-state index contributed by atoms with van der Waals surface area (Å²) in [5, 5.41) is 26.0. The first-order valence-electron chi connectivity index (χ1n) is 15.7. The van der Waals surface area contributed by atoms with Crippen molar-refractivity contribution in [3.8, 4) is 0 Å². The summed E-state index contributed by atoms with van der Waals surface area (Å²) in [5.74, 6) is -1.78. The first-order chi connectivity index (χ1) is 24.4. The zero-order valence-electron chi connectivity index (χ0n) is 27.9. The van der Waals surface area contributed by atoms with Crippen LogP contribution in [0.2, 0.25) is 0 Å². The number of imidazole rings is 1. The van der Waals surface area contributed by atoms with E-state index in [0.717, 1.165) is 47.0 Å². The second kappa shape index (κ2) is 16.6. The molecule has 0 bridgehead atoms. The van der Waals surface area contributed by atoms with Crippen LogP contribution < -0.4 is 4.57 Å². The van der Waals surface area contributed by atoms with E-state index in [9.17, 15) is 38.0 Å². The van der Waals surface area contributed by atoms with Gasteiger partial charge in [-0.25, -0.2) is 17.8 Å². The van der Waals surface area contributed by atoms with Crippen LogP contribution in [0.3, 0.4) is 0 Å². The highest BCUT2D eigenvalue weighted by molar-refractivity contribution is 7.98. The van der Waals surface area contributed by atoms with E-state index in [4.69, 9.17) is 23.2 Å². The minimum Gasteiger partial charge on any atom is -0.741 e. The summed E-state index contributed by atoms with van der Waals surface area (Å²) < 4.78 is 68.8. The van der Waals surface area contributed by atoms with Crippen molar-refractivity contribution in [2.24, 2.45) is 17.0 Å². The Morgan fingerprint density at radius 3 is 2.44 bits per heavy atom. The van der Waals surface area contributed by atoms with Gasteiger partial charge in [0.1, 0.15) is 18.5 Å². The van der Waals surface area contributed by atoms with Gasteiger partial charge in [-0.1, -0.05) is 41.6 Å². The summed E-state index contributed by atoms with van der Waals surface area (Å²) in [7, 11) is -6.09. The van der Waals surface area contributed by atoms with Gasteiger partial charge < -0.3 is 19.3 Å². The topological polar surface area (TPSA) is 224 Å². The molecule has 0 unspecified atom stereocenters. The first kappa shape index (κ1) is 40.6. The molecule has 16 nitrogen and oxygen atoms in total. The number of alkyl halides is 3. The number of carbonyl (C=O) groups is 2. The number of hydrogen-bond donors (Lipinski definition) is 1. The number of non-ortho nitro benzene ring substituents is 1. The zero-order valence-corrected chi connectivity index (χ0v) is 30.4. The number of nitrogens with zero attached hydrogens (tertiary/aromatic N) is 7. The highest BCUT2D eigenvalue weighted by Crippen LogP contribution is 2.52. The highest BCUT2D eigenvalue weighted by Gasteiger charge is 2.60. The Hall–Kier alpha value is -4.21. The van der Waals surface area contributed by atoms with Crippen LogP contribution in [0, 0.1) is 22.0 Å². The fourth-order valence-corrected chi connectivity index (χ4v) is 8.30. The molecule has 1 amide bonds. The number of amides is 1. The predicted octanol–water partition coefficient (Wildman–Crippen LogP) is 5.15. The lowest BCUT2D eigenvalue weighted by molar-refractivity contribution is -0.730. The van der Waals surface area contributed by atoms with Gasteiger partial charge in [0.2, 0.25) is 15.8 Å². The molecular formula is C30H34F3N7O9S3. The Morgan fingerprint density at radius 1 is 1.25 bits per heavy atom. The van der Waals surface area contributed by atoms with Gasteiger partial charge in [-0.3, -0.25) is 14.9 Å². The molecule has 0 aliphatic carbocycles. The van der Waals surface area contributed by atoms with Gasteiger partial charge in [0.15, 0.2) is 10.1 Å². The number of aliphatic hydroxyl groups is 1. The molecule has 22 heteroatoms. The van der Waals surface area contributed by atoms with E-state index in [2.05, 4.69) is 19.0 Å². The molecule has 5 rings (SSSR count). The van der Waals surface area contributed by atoms with E-state index in [0.29, 0.717) is 17.7 Å². The van der Waals surface area contributed by atoms with E-state index in [-0.39, 0.29) is 35.9 Å². The number of β-lactam (4-membered cyclic amide) rings is 1. The lowest BCUT2D eigenvalue weighted by atomic mass is 9.77. The summed E-state index contributed by atoms with van der Waals surface area (Å²) in [6.45, 7) is 4.82. The predicted molar refractivity (Wildman–Crippen MR) is 180 cm³/mol. The van der Waals surface area contributed by atoms with E-state index in [1.165, 1.54) is 29.2 Å². The number of hydrogen-bond acceptors (Lipinski definition) is 12. The number of carbonyl (C=O) groups excluding carboxylic acids is 2. The average Bonchev–Trinajstić information content (AvgIpc) is 3.69. The maximum Gasteiger partial charge on any atom is 0.485 e. The number of aliphatic hydroxyl groups excluding tert-OH is 1. The van der Waals surface area contributed by atoms with E-state index in [1.807, 2.05) is 25.7 Å². The summed E-state index contributed by atoms with van der Waals surface area (Å²) in [5.41, 5.74) is 4.20. The Kier molecular flexibility index (Phi) is 13.0. The maximum atomic E-state index is 13.6. The quantitative estimate of drug-likeness (QED) is 0.0184. The van der Waals surface area contributed by atoms with Crippen molar-refractivity contribution in [3.63, 3.8) is 0 Å². The normalized spacial score (nSPS) is 19.0. The molecule has 4 heterocycles. The van der Waals surface area contributed by atoms with Crippen molar-refractivity contribution in [3.05, 3.63) is 73.5 Å². The number of thiazole rings is 1. The molecule has 1 fully saturated rings. The Balaban J connectivity index is 0.000000677. The number of nitro groups is 1. The number of esters is 1. The average molecular weight is 790 g/mol. The third-order valence-electron chi connectivity index (χ3n) is 8.50. The number of ether oxygens (including phenoxy) is 1. The lowest BCUT2D eigenvalue weighted by Crippen LogP contribution is -2.63. The van der Waals surface area contributed by atoms with Crippen LogP contribution in [0.4, 0.5) is 18.9 Å². The van der Waals surface area contributed by atoms with Gasteiger partial charge >= 0.3 is 11.5 Å². The standard InChI is InChI=1S/C29H34N7O6S2.CHF3O3S/c1-17-22(21-14-34-16-33(27(43-3)28(34)44-21)13-7-5-4-6-12-31-32-30)25(35-24(17)23(18(2)37)26(35)38)29(39)42-15-19-8-10-20(11-9-19)36(40)41;2-1(3,4)8(5,6)7/h8-11,14,16-18,23-24,37H,4-7,12-13,15H2,1-3H3;(H,5,6,7)/q+1;/p-1/t17-,18+,23+,24+;/m0./s1. The molecule has 0 radical (unpaired) electrons. The Morgan fingerprint density at radius 2 is 1.88 bits per heavy atom. The molecule has 282 valence electrons. The van der Waals surface area contributed by atoms with Crippen LogP contribution in [0.15, 0.2) is 52.6 Å². The molecule has 2 aliphatic heterocycles. The Labute approximate surface area is 303 Å². The summed E-state index contributed by atoms with van der Waals surface area (Å²) in [6.07, 6.45) is 9.10. The molecule has 4 atom stereocenters. The van der Waals surface area contributed by atoms with Gasteiger partial charge in [-0.15, -0.1) is 0 Å². The molecule has 1 aromatic carbocycles. The van der Waals surface area contributed by atoms with Crippen LogP contribution in [0.1, 0.15) is 50.0 Å². The number of unbranched alkanes of at least 4 members (excludes halogenated alkanes) is 3. The second-order valence-corrected chi connectivity index (χ2v) is 15.1. The number of aromatic nitrogens is 2. The highest BCUT2D eigenvalue weighted by atomic mass is 32.2. The molecule has 52 heavy (non-hydrogen) atoms. The van der Waals surface area contributed by atoms with Gasteiger partial charge in [0.25, 0.3) is 12.0 Å². The zero-order chi connectivity index (χ0) is 38.5. The van der Waals surface area contributed by atoms with Crippen molar-refractivity contribution in [1.82, 2.24) is 9.30 Å². The van der Waals surface area contributed by atoms with Crippen LogP contribution in [0.25, 0.3) is 20.8 Å². The van der Waals surface area contributed by atoms with Crippen molar-refractivity contribution in [2.45, 2.75) is 75.4 Å². The SMILES string of the molecule is CSc1c2sc(C3=C(C(=O)OCc4ccc([N+](=O)[O-])cc4)N4C(=O)[C@H]([C@@H](C)O)[C@H]4[C@H]3C)cn2c[n+]1CCCCCCN=[N+]=[N-].O=S(=O)([O-])C(F)(F)F. The van der Waals surface area contributed by atoms with Gasteiger partial charge in [0.05, 0.1) is 34.4 Å². The van der Waals surface area contributed by atoms with E-state index < -0.39 is 38.5 Å². The van der Waals surface area contributed by atoms with Crippen molar-refractivity contribution >= 4 is 61.2 Å². The molecule has 0 spiro atoms. The molecular weight excluding hydrogens is 756 g/mol. The minimum atomic E-state index is -6.09. The van der Waals surface area contributed by atoms with Gasteiger partial charge in [0, 0.05) is 35.1 Å². The number of rotatable bonds is 14. The van der Waals surface area contributed by atoms with Gasteiger partial charge in [-0.2, -0.15) is 17.6 Å². The van der Waals surface area contributed by atoms with Crippen molar-refractivity contribution < 1.29 is 55.1 Å². The summed E-state index contributed by atoms with van der Waals surface area (Å²) >= 11 is 3.20. The summed E-state index contributed by atoms with van der Waals surface area (Å²) in [4.78, 5) is 43.4. The van der Waals surface area contributed by atoms with E-state index in [1.54, 1.807) is 30.0 Å². The number of fused-ring (bicyclic) bond motifs is 2. The number of nitro benzene ring substituents is 1. The molecule has 2 aromatic heterocycles. The molecule has 3 aromatic rings. The monoisotopic (exact) mass is 789 g/mol. The molecule has 0 saturated carbocycles. The molecule has 1 N–H and O–H groups in total. The smallest absolute Gasteiger partial charge is 0.485 e. The fraction of sp³-hybridized carbons (Fsp3) is 0.500. The van der Waals surface area contributed by atoms with Crippen LogP contribution >= 0.6 is 23.1 Å². The van der Waals surface area contributed by atoms with Gasteiger partial charge in [-0.05, 0) is 55.7 Å². The number of halogens is 3. The lowest BCUT2D eigenvalue weighted by Gasteiger charge is -2.46. The largest absolute Gasteiger partial charge is 0.741 e. The van der Waals surface area contributed by atoms with Crippen LogP contribution in [-0.4, -0.2) is 74.6 Å². The van der Waals surface area contributed by atoms with Crippen molar-refractivity contribution in [1.29, 1.82) is 0 Å². The molecule has 2 aliphatic rings. The number of thioether (sulfide) groups is 1. The first-order valence-corrected chi connectivity index (χ1v) is 19.1. The fourth-order valence-electron chi connectivity index (χ4n) is 6.10. The van der Waals surface area contributed by atoms with Crippen LogP contribution in [-0.2, 0) is 37.6 Å². The maximum absolute atomic E-state index is 13.6. The minimum absolute atomic E-state index is 0.0601. The van der Waals surface area contributed by atoms with Crippen molar-refractivity contribution in [2.75, 3.05) is 12.8 Å². The molecule has 1 saturated heterocycles. The van der Waals surface area contributed by atoms with Crippen LogP contribution in [0.5, 0.6) is 0 Å². The third-order valence-corrected chi connectivity index (χ3v) is 11.2. The second-order valence-electron chi connectivity index (χ2n) is 11.9.